The Morgan fingerprint density at radius 1 is 1.67 bits per heavy atom. The third kappa shape index (κ3) is 2.38. The molecule has 0 amide bonds. The summed E-state index contributed by atoms with van der Waals surface area (Å²) < 4.78 is 1.43. The van der Waals surface area contributed by atoms with Gasteiger partial charge in [-0.1, -0.05) is 0 Å². The molecule has 1 aromatic rings. The van der Waals surface area contributed by atoms with Crippen LogP contribution in [0.25, 0.3) is 0 Å². The van der Waals surface area contributed by atoms with Crippen LogP contribution in [0.15, 0.2) is 15.5 Å². The molecule has 0 fully saturated rings. The fourth-order valence-electron chi connectivity index (χ4n) is 1.14. The first-order valence-corrected chi connectivity index (χ1v) is 5.41. The number of aromatic nitrogens is 1. The third-order valence-electron chi connectivity index (χ3n) is 1.96. The van der Waals surface area contributed by atoms with E-state index >= 15 is 0 Å². The van der Waals surface area contributed by atoms with Crippen LogP contribution in [0.3, 0.4) is 0 Å². The number of alkyl halides is 1. The summed E-state index contributed by atoms with van der Waals surface area (Å²) in [5.74, 6) is 0.229. The van der Waals surface area contributed by atoms with Crippen molar-refractivity contribution in [2.24, 2.45) is 0 Å². The SMILES string of the molecule is Cc1c([N+](=O)[O-])cn(CCCl)c(=O)c1Br. The smallest absolute Gasteiger partial charge is 0.289 e. The zero-order chi connectivity index (χ0) is 11.6. The van der Waals surface area contributed by atoms with Crippen LogP contribution in [0, 0.1) is 17.0 Å². The van der Waals surface area contributed by atoms with E-state index in [0.29, 0.717) is 5.56 Å². The molecule has 0 spiro atoms. The van der Waals surface area contributed by atoms with Gasteiger partial charge in [-0.05, 0) is 22.9 Å². The number of hydrogen-bond donors (Lipinski definition) is 0. The van der Waals surface area contributed by atoms with Gasteiger partial charge in [0.1, 0.15) is 0 Å². The molecule has 0 unspecified atom stereocenters. The van der Waals surface area contributed by atoms with E-state index in [-0.39, 0.29) is 28.1 Å². The van der Waals surface area contributed by atoms with E-state index in [4.69, 9.17) is 11.6 Å². The van der Waals surface area contributed by atoms with Gasteiger partial charge in [0.15, 0.2) is 0 Å². The van der Waals surface area contributed by atoms with Crippen molar-refractivity contribution in [2.75, 3.05) is 5.88 Å². The lowest BCUT2D eigenvalue weighted by atomic mass is 10.2. The van der Waals surface area contributed by atoms with Gasteiger partial charge in [-0.15, -0.1) is 11.6 Å². The second-order valence-electron chi connectivity index (χ2n) is 2.90. The zero-order valence-corrected chi connectivity index (χ0v) is 10.2. The van der Waals surface area contributed by atoms with E-state index in [1.54, 1.807) is 0 Å². The van der Waals surface area contributed by atoms with E-state index in [1.807, 2.05) is 0 Å². The van der Waals surface area contributed by atoms with Crippen molar-refractivity contribution in [3.8, 4) is 0 Å². The van der Waals surface area contributed by atoms with Gasteiger partial charge in [-0.25, -0.2) is 0 Å². The van der Waals surface area contributed by atoms with E-state index in [0.717, 1.165) is 0 Å². The minimum Gasteiger partial charge on any atom is -0.307 e. The standard InChI is InChI=1S/C8H8BrClN2O3/c1-5-6(12(14)15)4-11(3-2-10)8(13)7(5)9/h4H,2-3H2,1H3. The number of nitro groups is 1. The average molecular weight is 296 g/mol. The molecule has 1 aromatic heterocycles. The number of nitrogens with zero attached hydrogens (tertiary/aromatic N) is 2. The van der Waals surface area contributed by atoms with Crippen molar-refractivity contribution in [3.63, 3.8) is 0 Å². The average Bonchev–Trinajstić information content (AvgIpc) is 2.18. The molecule has 1 rings (SSSR count). The van der Waals surface area contributed by atoms with Crippen LogP contribution in [-0.4, -0.2) is 15.4 Å². The maximum Gasteiger partial charge on any atom is 0.289 e. The van der Waals surface area contributed by atoms with Gasteiger partial charge in [0.2, 0.25) is 0 Å². The molecule has 1 heterocycles. The number of hydrogen-bond acceptors (Lipinski definition) is 3. The Labute approximate surface area is 98.9 Å². The topological polar surface area (TPSA) is 65.1 Å². The van der Waals surface area contributed by atoms with Gasteiger partial charge in [-0.3, -0.25) is 14.9 Å². The lowest BCUT2D eigenvalue weighted by Gasteiger charge is -2.06. The van der Waals surface area contributed by atoms with Crippen LogP contribution in [0.5, 0.6) is 0 Å². The molecule has 0 bridgehead atoms. The van der Waals surface area contributed by atoms with Crippen molar-refractivity contribution in [2.45, 2.75) is 13.5 Å². The summed E-state index contributed by atoms with van der Waals surface area (Å²) in [5.41, 5.74) is -0.0684. The summed E-state index contributed by atoms with van der Waals surface area (Å²) in [7, 11) is 0. The van der Waals surface area contributed by atoms with Crippen LogP contribution in [-0.2, 0) is 6.54 Å². The summed E-state index contributed by atoms with van der Waals surface area (Å²) >= 11 is 8.53. The predicted octanol–water partition coefficient (Wildman–Crippen LogP) is 2.07. The quantitative estimate of drug-likeness (QED) is 0.487. The highest BCUT2D eigenvalue weighted by molar-refractivity contribution is 9.10. The fourth-order valence-corrected chi connectivity index (χ4v) is 1.76. The highest BCUT2D eigenvalue weighted by Crippen LogP contribution is 2.21. The first-order chi connectivity index (χ1) is 6.99. The van der Waals surface area contributed by atoms with Gasteiger partial charge in [0.05, 0.1) is 15.6 Å². The Morgan fingerprint density at radius 2 is 2.27 bits per heavy atom. The van der Waals surface area contributed by atoms with Crippen LogP contribution in [0.1, 0.15) is 5.56 Å². The highest BCUT2D eigenvalue weighted by Gasteiger charge is 2.17. The molecule has 0 aromatic carbocycles. The Bertz CT molecular complexity index is 458. The molecule has 0 aliphatic carbocycles. The first-order valence-electron chi connectivity index (χ1n) is 4.09. The molecule has 7 heteroatoms. The summed E-state index contributed by atoms with van der Waals surface area (Å²) in [5, 5.41) is 10.7. The normalized spacial score (nSPS) is 10.3. The molecule has 82 valence electrons. The fraction of sp³-hybridized carbons (Fsp3) is 0.375. The molecule has 0 radical (unpaired) electrons. The van der Waals surface area contributed by atoms with Crippen molar-refractivity contribution < 1.29 is 4.92 Å². The van der Waals surface area contributed by atoms with E-state index < -0.39 is 4.92 Å². The highest BCUT2D eigenvalue weighted by atomic mass is 79.9. The van der Waals surface area contributed by atoms with Crippen molar-refractivity contribution in [3.05, 3.63) is 36.7 Å². The molecule has 5 nitrogen and oxygen atoms in total. The first kappa shape index (κ1) is 12.2. The van der Waals surface area contributed by atoms with Crippen LogP contribution >= 0.6 is 27.5 Å². The largest absolute Gasteiger partial charge is 0.307 e. The van der Waals surface area contributed by atoms with Crippen molar-refractivity contribution in [1.29, 1.82) is 0 Å². The van der Waals surface area contributed by atoms with Gasteiger partial charge in [-0.2, -0.15) is 0 Å². The van der Waals surface area contributed by atoms with E-state index in [2.05, 4.69) is 15.9 Å². The van der Waals surface area contributed by atoms with Crippen molar-refractivity contribution >= 4 is 33.2 Å². The Hall–Kier alpha value is -0.880. The van der Waals surface area contributed by atoms with Gasteiger partial charge in [0, 0.05) is 18.0 Å². The number of aryl methyl sites for hydroxylation is 1. The van der Waals surface area contributed by atoms with Crippen LogP contribution < -0.4 is 5.56 Å². The zero-order valence-electron chi connectivity index (χ0n) is 7.87. The molecule has 15 heavy (non-hydrogen) atoms. The lowest BCUT2D eigenvalue weighted by Crippen LogP contribution is -2.22. The summed E-state index contributed by atoms with van der Waals surface area (Å²) in [6.07, 6.45) is 1.21. The molecule has 0 saturated heterocycles. The summed E-state index contributed by atoms with van der Waals surface area (Å²) in [4.78, 5) is 21.7. The van der Waals surface area contributed by atoms with E-state index in [1.165, 1.54) is 17.7 Å². The van der Waals surface area contributed by atoms with Gasteiger partial charge >= 0.3 is 0 Å². The minimum absolute atomic E-state index is 0.0911. The Morgan fingerprint density at radius 3 is 2.73 bits per heavy atom. The second-order valence-corrected chi connectivity index (χ2v) is 4.07. The summed E-state index contributed by atoms with van der Waals surface area (Å²) in [6.45, 7) is 1.77. The Balaban J connectivity index is 3.45. The van der Waals surface area contributed by atoms with E-state index in [9.17, 15) is 14.9 Å². The van der Waals surface area contributed by atoms with Crippen molar-refractivity contribution in [1.82, 2.24) is 4.57 Å². The molecule has 0 aliphatic rings. The molecular formula is C8H8BrClN2O3. The Kier molecular flexibility index (Phi) is 3.87. The predicted molar refractivity (Wildman–Crippen MR) is 60.5 cm³/mol. The molecular weight excluding hydrogens is 287 g/mol. The number of halogens is 2. The maximum atomic E-state index is 11.6. The minimum atomic E-state index is -0.524. The van der Waals surface area contributed by atoms with Crippen LogP contribution in [0.2, 0.25) is 0 Å². The molecule has 0 saturated carbocycles. The maximum absolute atomic E-state index is 11.6. The summed E-state index contributed by atoms with van der Waals surface area (Å²) in [6, 6.07) is 0. The van der Waals surface area contributed by atoms with Crippen LogP contribution in [0.4, 0.5) is 5.69 Å². The molecule has 0 atom stereocenters. The third-order valence-corrected chi connectivity index (χ3v) is 3.07. The van der Waals surface area contributed by atoms with Gasteiger partial charge < -0.3 is 4.57 Å². The number of rotatable bonds is 3. The molecule has 0 N–H and O–H groups in total. The lowest BCUT2D eigenvalue weighted by molar-refractivity contribution is -0.386. The monoisotopic (exact) mass is 294 g/mol. The molecule has 0 aliphatic heterocycles. The number of pyridine rings is 1. The second kappa shape index (κ2) is 4.76. The van der Waals surface area contributed by atoms with Gasteiger partial charge in [0.25, 0.3) is 11.2 Å².